The molecule has 0 amide bonds. The lowest BCUT2D eigenvalue weighted by Gasteiger charge is -2.12. The summed E-state index contributed by atoms with van der Waals surface area (Å²) in [6, 6.07) is 3.48. The SMILES string of the molecule is COC(=N)c1c(C)ccc(C(=O)OC)c1C.Cl. The van der Waals surface area contributed by atoms with Crippen LogP contribution < -0.4 is 0 Å². The van der Waals surface area contributed by atoms with Crippen molar-refractivity contribution in [1.29, 1.82) is 5.41 Å². The molecule has 5 heteroatoms. The first-order chi connectivity index (χ1) is 7.52. The Morgan fingerprint density at radius 2 is 1.76 bits per heavy atom. The average Bonchev–Trinajstić information content (AvgIpc) is 2.28. The Bertz CT molecular complexity index is 444. The number of hydrogen-bond donors (Lipinski definition) is 1. The van der Waals surface area contributed by atoms with Crippen molar-refractivity contribution >= 4 is 24.3 Å². The van der Waals surface area contributed by atoms with Crippen LogP contribution in [-0.4, -0.2) is 26.1 Å². The Balaban J connectivity index is 0.00000256. The molecule has 1 rings (SSSR count). The summed E-state index contributed by atoms with van der Waals surface area (Å²) < 4.78 is 9.57. The first-order valence-corrected chi connectivity index (χ1v) is 4.84. The van der Waals surface area contributed by atoms with Gasteiger partial charge in [-0.1, -0.05) is 6.07 Å². The summed E-state index contributed by atoms with van der Waals surface area (Å²) in [6.07, 6.45) is 0. The zero-order chi connectivity index (χ0) is 12.3. The number of ether oxygens (including phenoxy) is 2. The van der Waals surface area contributed by atoms with Crippen LogP contribution in [0.25, 0.3) is 0 Å². The van der Waals surface area contributed by atoms with E-state index in [4.69, 9.17) is 10.1 Å². The van der Waals surface area contributed by atoms with Crippen LogP contribution in [0.2, 0.25) is 0 Å². The molecule has 4 nitrogen and oxygen atoms in total. The molecular formula is C12H16ClNO3. The molecule has 0 aliphatic rings. The third-order valence-electron chi connectivity index (χ3n) is 2.51. The van der Waals surface area contributed by atoms with Gasteiger partial charge in [0, 0.05) is 5.56 Å². The molecule has 0 unspecified atom stereocenters. The highest BCUT2D eigenvalue weighted by Gasteiger charge is 2.16. The molecule has 1 aromatic rings. The fourth-order valence-corrected chi connectivity index (χ4v) is 1.63. The molecule has 0 saturated carbocycles. The van der Waals surface area contributed by atoms with Gasteiger partial charge in [0.25, 0.3) is 0 Å². The van der Waals surface area contributed by atoms with E-state index in [0.29, 0.717) is 16.7 Å². The Hall–Kier alpha value is -1.55. The molecule has 1 aromatic carbocycles. The second-order valence-corrected chi connectivity index (χ2v) is 3.45. The van der Waals surface area contributed by atoms with Gasteiger partial charge in [0.1, 0.15) is 0 Å². The number of carbonyl (C=O) groups is 1. The van der Waals surface area contributed by atoms with Crippen molar-refractivity contribution in [1.82, 2.24) is 0 Å². The Morgan fingerprint density at radius 3 is 2.24 bits per heavy atom. The second-order valence-electron chi connectivity index (χ2n) is 3.45. The molecule has 0 fully saturated rings. The van der Waals surface area contributed by atoms with Crippen molar-refractivity contribution in [3.8, 4) is 0 Å². The molecule has 0 bridgehead atoms. The molecular weight excluding hydrogens is 242 g/mol. The molecule has 94 valence electrons. The quantitative estimate of drug-likeness (QED) is 0.503. The minimum atomic E-state index is -0.400. The molecule has 17 heavy (non-hydrogen) atoms. The van der Waals surface area contributed by atoms with Crippen LogP contribution in [0.15, 0.2) is 12.1 Å². The van der Waals surface area contributed by atoms with Crippen molar-refractivity contribution in [2.45, 2.75) is 13.8 Å². The van der Waals surface area contributed by atoms with E-state index < -0.39 is 5.97 Å². The highest BCUT2D eigenvalue weighted by molar-refractivity contribution is 5.99. The minimum Gasteiger partial charge on any atom is -0.481 e. The van der Waals surface area contributed by atoms with E-state index in [1.807, 2.05) is 6.92 Å². The van der Waals surface area contributed by atoms with E-state index in [1.54, 1.807) is 19.1 Å². The molecule has 0 aliphatic heterocycles. The standard InChI is InChI=1S/C12H15NO3.ClH/c1-7-5-6-9(12(14)16-4)8(2)10(7)11(13)15-3;/h5-6,13H,1-4H3;1H. The molecule has 1 N–H and O–H groups in total. The number of esters is 1. The maximum Gasteiger partial charge on any atom is 0.338 e. The van der Waals surface area contributed by atoms with Gasteiger partial charge in [0.05, 0.1) is 19.8 Å². The average molecular weight is 258 g/mol. The zero-order valence-electron chi connectivity index (χ0n) is 10.3. The third kappa shape index (κ3) is 2.97. The predicted molar refractivity (Wildman–Crippen MR) is 68.3 cm³/mol. The van der Waals surface area contributed by atoms with Crippen molar-refractivity contribution in [3.63, 3.8) is 0 Å². The maximum absolute atomic E-state index is 11.5. The molecule has 0 spiro atoms. The number of methoxy groups -OCH3 is 2. The van der Waals surface area contributed by atoms with Gasteiger partial charge in [-0.25, -0.2) is 4.79 Å². The summed E-state index contributed by atoms with van der Waals surface area (Å²) >= 11 is 0. The fourth-order valence-electron chi connectivity index (χ4n) is 1.63. The first kappa shape index (κ1) is 15.4. The Morgan fingerprint density at radius 1 is 1.18 bits per heavy atom. The second kappa shape index (κ2) is 6.25. The largest absolute Gasteiger partial charge is 0.481 e. The summed E-state index contributed by atoms with van der Waals surface area (Å²) in [6.45, 7) is 3.65. The molecule has 0 heterocycles. The minimum absolute atomic E-state index is 0. The van der Waals surface area contributed by atoms with Crippen molar-refractivity contribution in [2.24, 2.45) is 0 Å². The van der Waals surface area contributed by atoms with Crippen LogP contribution in [0.5, 0.6) is 0 Å². The number of nitrogens with one attached hydrogen (secondary N) is 1. The van der Waals surface area contributed by atoms with E-state index in [-0.39, 0.29) is 18.3 Å². The van der Waals surface area contributed by atoms with Crippen LogP contribution in [0.3, 0.4) is 0 Å². The van der Waals surface area contributed by atoms with Crippen molar-refractivity contribution in [2.75, 3.05) is 14.2 Å². The third-order valence-corrected chi connectivity index (χ3v) is 2.51. The van der Waals surface area contributed by atoms with Crippen LogP contribution in [0.4, 0.5) is 0 Å². The molecule has 0 atom stereocenters. The van der Waals surface area contributed by atoms with Crippen molar-refractivity contribution < 1.29 is 14.3 Å². The van der Waals surface area contributed by atoms with E-state index in [9.17, 15) is 4.79 Å². The monoisotopic (exact) mass is 257 g/mol. The first-order valence-electron chi connectivity index (χ1n) is 4.84. The summed E-state index contributed by atoms with van der Waals surface area (Å²) in [4.78, 5) is 11.5. The topological polar surface area (TPSA) is 59.4 Å². The van der Waals surface area contributed by atoms with Crippen molar-refractivity contribution in [3.05, 3.63) is 34.4 Å². The lowest BCUT2D eigenvalue weighted by molar-refractivity contribution is 0.0600. The highest BCUT2D eigenvalue weighted by atomic mass is 35.5. The lowest BCUT2D eigenvalue weighted by Crippen LogP contribution is -2.12. The van der Waals surface area contributed by atoms with Crippen LogP contribution >= 0.6 is 12.4 Å². The summed E-state index contributed by atoms with van der Waals surface area (Å²) in [5.41, 5.74) is 2.71. The van der Waals surface area contributed by atoms with Gasteiger partial charge in [0.2, 0.25) is 5.90 Å². The smallest absolute Gasteiger partial charge is 0.338 e. The number of aryl methyl sites for hydroxylation is 1. The van der Waals surface area contributed by atoms with Gasteiger partial charge in [-0.2, -0.15) is 0 Å². The zero-order valence-corrected chi connectivity index (χ0v) is 11.1. The fraction of sp³-hybridized carbons (Fsp3) is 0.333. The lowest BCUT2D eigenvalue weighted by atomic mass is 9.97. The number of carbonyl (C=O) groups excluding carboxylic acids is 1. The number of halogens is 1. The van der Waals surface area contributed by atoms with Crippen LogP contribution in [-0.2, 0) is 9.47 Å². The van der Waals surface area contributed by atoms with Gasteiger partial charge < -0.3 is 9.47 Å². The summed E-state index contributed by atoms with van der Waals surface area (Å²) in [7, 11) is 2.77. The molecule has 0 aromatic heterocycles. The molecule has 0 aliphatic carbocycles. The van der Waals surface area contributed by atoms with E-state index >= 15 is 0 Å². The molecule has 0 saturated heterocycles. The highest BCUT2D eigenvalue weighted by Crippen LogP contribution is 2.19. The van der Waals surface area contributed by atoms with Gasteiger partial charge in [0.15, 0.2) is 0 Å². The normalized spacial score (nSPS) is 9.18. The van der Waals surface area contributed by atoms with E-state index in [1.165, 1.54) is 14.2 Å². The summed E-state index contributed by atoms with van der Waals surface area (Å²) in [5, 5.41) is 7.68. The molecule has 0 radical (unpaired) electrons. The van der Waals surface area contributed by atoms with Gasteiger partial charge in [-0.05, 0) is 31.0 Å². The van der Waals surface area contributed by atoms with Gasteiger partial charge >= 0.3 is 5.97 Å². The van der Waals surface area contributed by atoms with Gasteiger partial charge in [-0.3, -0.25) is 5.41 Å². The number of hydrogen-bond acceptors (Lipinski definition) is 4. The van der Waals surface area contributed by atoms with Crippen LogP contribution in [0, 0.1) is 19.3 Å². The Labute approximate surface area is 107 Å². The predicted octanol–water partition coefficient (Wildman–Crippen LogP) is 2.48. The maximum atomic E-state index is 11.5. The number of benzene rings is 1. The van der Waals surface area contributed by atoms with Gasteiger partial charge in [-0.15, -0.1) is 12.4 Å². The van der Waals surface area contributed by atoms with E-state index in [2.05, 4.69) is 4.74 Å². The Kier molecular flexibility index (Phi) is 5.68. The van der Waals surface area contributed by atoms with Crippen LogP contribution in [0.1, 0.15) is 27.0 Å². The van der Waals surface area contributed by atoms with E-state index in [0.717, 1.165) is 5.56 Å². The number of rotatable bonds is 2. The summed E-state index contributed by atoms with van der Waals surface area (Å²) in [5.74, 6) is -0.344.